The van der Waals surface area contributed by atoms with Crippen LogP contribution in [0.25, 0.3) is 0 Å². The van der Waals surface area contributed by atoms with E-state index < -0.39 is 10.0 Å². The molecule has 1 atom stereocenters. The zero-order valence-corrected chi connectivity index (χ0v) is 14.4. The van der Waals surface area contributed by atoms with Crippen molar-refractivity contribution in [3.63, 3.8) is 0 Å². The predicted octanol–water partition coefficient (Wildman–Crippen LogP) is 2.57. The molecule has 1 aliphatic rings. The summed E-state index contributed by atoms with van der Waals surface area (Å²) in [5.74, 6) is 1.79. The first-order chi connectivity index (χ1) is 10.1. The van der Waals surface area contributed by atoms with E-state index in [9.17, 15) is 8.42 Å². The maximum atomic E-state index is 12.0. The summed E-state index contributed by atoms with van der Waals surface area (Å²) in [7, 11) is -3.19. The van der Waals surface area contributed by atoms with Crippen molar-refractivity contribution >= 4 is 39.2 Å². The minimum atomic E-state index is -3.19. The van der Waals surface area contributed by atoms with Crippen LogP contribution >= 0.6 is 23.5 Å². The van der Waals surface area contributed by atoms with Crippen molar-refractivity contribution in [3.05, 3.63) is 24.3 Å². The highest BCUT2D eigenvalue weighted by molar-refractivity contribution is 8.00. The van der Waals surface area contributed by atoms with Crippen LogP contribution in [0.5, 0.6) is 0 Å². The Bertz CT molecular complexity index is 543. The van der Waals surface area contributed by atoms with Crippen LogP contribution in [0.3, 0.4) is 0 Å². The number of nitrogens with two attached hydrogens (primary N) is 1. The van der Waals surface area contributed by atoms with Crippen LogP contribution in [0, 0.1) is 0 Å². The average Bonchev–Trinajstić information content (AvgIpc) is 2.48. The Balaban J connectivity index is 1.72. The summed E-state index contributed by atoms with van der Waals surface area (Å²) in [4.78, 5) is 0.940. The first-order valence-corrected chi connectivity index (χ1v) is 10.8. The van der Waals surface area contributed by atoms with Gasteiger partial charge in [-0.3, -0.25) is 0 Å². The Labute approximate surface area is 135 Å². The lowest BCUT2D eigenvalue weighted by atomic mass is 10.2. The molecular formula is C14H22N2O2S3. The van der Waals surface area contributed by atoms with Gasteiger partial charge in [0, 0.05) is 28.1 Å². The fourth-order valence-corrected chi connectivity index (χ4v) is 5.92. The van der Waals surface area contributed by atoms with Crippen LogP contribution in [0.2, 0.25) is 0 Å². The first-order valence-electron chi connectivity index (χ1n) is 7.13. The van der Waals surface area contributed by atoms with E-state index in [4.69, 9.17) is 5.73 Å². The second-order valence-corrected chi connectivity index (χ2v) is 9.51. The van der Waals surface area contributed by atoms with Crippen LogP contribution in [0.4, 0.5) is 5.69 Å². The molecule has 1 aromatic carbocycles. The minimum Gasteiger partial charge on any atom is -0.398 e. The van der Waals surface area contributed by atoms with E-state index in [0.717, 1.165) is 17.1 Å². The standard InChI is InChI=1S/C14H22N2O2S3/c15-13-6-1-2-7-14(13)20-9-10-21(17,18)16-11-12-5-3-4-8-19-12/h1-2,6-7,12,16H,3-5,8-11,15H2. The lowest BCUT2D eigenvalue weighted by molar-refractivity contribution is 0.575. The second-order valence-electron chi connectivity index (χ2n) is 5.04. The zero-order chi connectivity index (χ0) is 15.1. The van der Waals surface area contributed by atoms with Gasteiger partial charge in [0.1, 0.15) is 0 Å². The molecule has 0 radical (unpaired) electrons. The largest absolute Gasteiger partial charge is 0.398 e. The molecule has 4 nitrogen and oxygen atoms in total. The van der Waals surface area contributed by atoms with Gasteiger partial charge < -0.3 is 5.73 Å². The molecular weight excluding hydrogens is 324 g/mol. The number of nitrogens with one attached hydrogen (secondary N) is 1. The van der Waals surface area contributed by atoms with Crippen LogP contribution < -0.4 is 10.5 Å². The molecule has 1 aromatic rings. The van der Waals surface area contributed by atoms with Gasteiger partial charge in [-0.25, -0.2) is 13.1 Å². The molecule has 2 rings (SSSR count). The Kier molecular flexibility index (Phi) is 6.73. The van der Waals surface area contributed by atoms with Gasteiger partial charge in [-0.2, -0.15) is 11.8 Å². The van der Waals surface area contributed by atoms with Crippen molar-refractivity contribution in [3.8, 4) is 0 Å². The smallest absolute Gasteiger partial charge is 0.212 e. The van der Waals surface area contributed by atoms with E-state index in [1.165, 1.54) is 24.6 Å². The number of rotatable bonds is 7. The molecule has 0 bridgehead atoms. The minimum absolute atomic E-state index is 0.128. The molecule has 0 spiro atoms. The first kappa shape index (κ1) is 17.0. The second kappa shape index (κ2) is 8.31. The van der Waals surface area contributed by atoms with E-state index >= 15 is 0 Å². The maximum Gasteiger partial charge on any atom is 0.212 e. The molecule has 0 saturated carbocycles. The van der Waals surface area contributed by atoms with Crippen molar-refractivity contribution in [2.45, 2.75) is 29.4 Å². The molecule has 1 saturated heterocycles. The fraction of sp³-hybridized carbons (Fsp3) is 0.571. The lowest BCUT2D eigenvalue weighted by Crippen LogP contribution is -2.34. The molecule has 21 heavy (non-hydrogen) atoms. The van der Waals surface area contributed by atoms with E-state index in [2.05, 4.69) is 4.72 Å². The predicted molar refractivity (Wildman–Crippen MR) is 93.5 cm³/mol. The van der Waals surface area contributed by atoms with Gasteiger partial charge >= 0.3 is 0 Å². The molecule has 1 unspecified atom stereocenters. The third-order valence-electron chi connectivity index (χ3n) is 3.33. The number of anilines is 1. The van der Waals surface area contributed by atoms with Gasteiger partial charge in [0.2, 0.25) is 10.0 Å². The monoisotopic (exact) mass is 346 g/mol. The molecule has 3 N–H and O–H groups in total. The molecule has 0 aliphatic carbocycles. The van der Waals surface area contributed by atoms with Crippen LogP contribution in [-0.2, 0) is 10.0 Å². The molecule has 1 heterocycles. The summed E-state index contributed by atoms with van der Waals surface area (Å²) < 4.78 is 26.7. The van der Waals surface area contributed by atoms with Gasteiger partial charge in [0.15, 0.2) is 0 Å². The van der Waals surface area contributed by atoms with Crippen molar-refractivity contribution in [2.24, 2.45) is 0 Å². The van der Waals surface area contributed by atoms with Gasteiger partial charge in [-0.15, -0.1) is 11.8 Å². The van der Waals surface area contributed by atoms with Crippen molar-refractivity contribution < 1.29 is 8.42 Å². The Morgan fingerprint density at radius 2 is 2.14 bits per heavy atom. The molecule has 0 aromatic heterocycles. The van der Waals surface area contributed by atoms with E-state index in [0.29, 0.717) is 23.2 Å². The molecule has 118 valence electrons. The topological polar surface area (TPSA) is 72.2 Å². The molecule has 7 heteroatoms. The van der Waals surface area contributed by atoms with Gasteiger partial charge in [0.25, 0.3) is 0 Å². The number of thioether (sulfide) groups is 2. The third-order valence-corrected chi connectivity index (χ3v) is 7.43. The van der Waals surface area contributed by atoms with E-state index in [-0.39, 0.29) is 5.75 Å². The summed E-state index contributed by atoms with van der Waals surface area (Å²) in [6.07, 6.45) is 3.58. The van der Waals surface area contributed by atoms with Crippen LogP contribution in [-0.4, -0.2) is 37.5 Å². The highest BCUT2D eigenvalue weighted by atomic mass is 32.2. The molecule has 1 fully saturated rings. The van der Waals surface area contributed by atoms with Crippen molar-refractivity contribution in [1.29, 1.82) is 0 Å². The van der Waals surface area contributed by atoms with Crippen LogP contribution in [0.1, 0.15) is 19.3 Å². The Morgan fingerprint density at radius 3 is 2.86 bits per heavy atom. The number of nitrogen functional groups attached to an aromatic ring is 1. The fourth-order valence-electron chi connectivity index (χ4n) is 2.13. The normalized spacial score (nSPS) is 19.5. The highest BCUT2D eigenvalue weighted by Crippen LogP contribution is 2.25. The van der Waals surface area contributed by atoms with Crippen molar-refractivity contribution in [2.75, 3.05) is 29.5 Å². The van der Waals surface area contributed by atoms with Gasteiger partial charge in [-0.1, -0.05) is 18.6 Å². The highest BCUT2D eigenvalue weighted by Gasteiger charge is 2.17. The van der Waals surface area contributed by atoms with E-state index in [1.807, 2.05) is 36.0 Å². The quantitative estimate of drug-likeness (QED) is 0.586. The summed E-state index contributed by atoms with van der Waals surface area (Å²) in [5.41, 5.74) is 6.54. The Morgan fingerprint density at radius 1 is 1.33 bits per heavy atom. The third kappa shape index (κ3) is 6.10. The van der Waals surface area contributed by atoms with Crippen LogP contribution in [0.15, 0.2) is 29.2 Å². The van der Waals surface area contributed by atoms with Gasteiger partial charge in [0.05, 0.1) is 5.75 Å². The van der Waals surface area contributed by atoms with E-state index in [1.54, 1.807) is 0 Å². The Hall–Kier alpha value is -0.370. The summed E-state index contributed by atoms with van der Waals surface area (Å²) >= 11 is 3.36. The number of hydrogen-bond donors (Lipinski definition) is 2. The maximum absolute atomic E-state index is 12.0. The summed E-state index contributed by atoms with van der Waals surface area (Å²) in [6.45, 7) is 0.561. The SMILES string of the molecule is Nc1ccccc1SCCS(=O)(=O)NCC1CCCCS1. The lowest BCUT2D eigenvalue weighted by Gasteiger charge is -2.21. The van der Waals surface area contributed by atoms with Gasteiger partial charge in [-0.05, 0) is 30.7 Å². The number of benzene rings is 1. The van der Waals surface area contributed by atoms with Crippen molar-refractivity contribution in [1.82, 2.24) is 4.72 Å². The summed E-state index contributed by atoms with van der Waals surface area (Å²) in [6, 6.07) is 7.53. The average molecular weight is 347 g/mol. The molecule has 1 aliphatic heterocycles. The number of sulfonamides is 1. The number of para-hydroxylation sites is 1. The number of hydrogen-bond acceptors (Lipinski definition) is 5. The zero-order valence-electron chi connectivity index (χ0n) is 12.0. The summed E-state index contributed by atoms with van der Waals surface area (Å²) in [5, 5.41) is 0.436. The molecule has 0 amide bonds.